The zero-order chi connectivity index (χ0) is 15.3. The molecule has 114 valence electrons. The summed E-state index contributed by atoms with van der Waals surface area (Å²) in [5, 5.41) is 11.8. The fraction of sp³-hybridized carbons (Fsp3) is 0.286. The second-order valence-corrected chi connectivity index (χ2v) is 7.14. The molecule has 0 radical (unpaired) electrons. The van der Waals surface area contributed by atoms with Crippen LogP contribution in [0.3, 0.4) is 0 Å². The highest BCUT2D eigenvalue weighted by Gasteiger charge is 2.15. The minimum atomic E-state index is -3.56. The summed E-state index contributed by atoms with van der Waals surface area (Å²) < 4.78 is 31.6. The summed E-state index contributed by atoms with van der Waals surface area (Å²) in [6.07, 6.45) is -0.320. The number of benzene rings is 1. The molecular weight excluding hydrogens is 310 g/mol. The van der Waals surface area contributed by atoms with Crippen molar-refractivity contribution in [2.45, 2.75) is 17.4 Å². The smallest absolute Gasteiger partial charge is 0.240 e. The molecule has 1 unspecified atom stereocenters. The Morgan fingerprint density at radius 1 is 1.29 bits per heavy atom. The summed E-state index contributed by atoms with van der Waals surface area (Å²) in [5.41, 5.74) is 0. The van der Waals surface area contributed by atoms with Crippen molar-refractivity contribution in [1.82, 2.24) is 4.72 Å². The molecule has 0 spiro atoms. The number of rotatable bonds is 7. The molecule has 0 amide bonds. The van der Waals surface area contributed by atoms with Crippen molar-refractivity contribution in [3.05, 3.63) is 46.7 Å². The van der Waals surface area contributed by atoms with Crippen molar-refractivity contribution in [1.29, 1.82) is 0 Å². The maximum absolute atomic E-state index is 12.1. The molecule has 7 heteroatoms. The van der Waals surface area contributed by atoms with E-state index in [4.69, 9.17) is 4.74 Å². The van der Waals surface area contributed by atoms with Crippen LogP contribution in [0, 0.1) is 0 Å². The van der Waals surface area contributed by atoms with Crippen LogP contribution >= 0.6 is 11.3 Å². The molecule has 0 aliphatic carbocycles. The van der Waals surface area contributed by atoms with Crippen LogP contribution in [0.15, 0.2) is 46.7 Å². The average molecular weight is 327 g/mol. The van der Waals surface area contributed by atoms with E-state index in [0.29, 0.717) is 12.2 Å². The van der Waals surface area contributed by atoms with E-state index < -0.39 is 16.1 Å². The number of ether oxygens (including phenoxy) is 1. The van der Waals surface area contributed by atoms with Crippen LogP contribution in [0.2, 0.25) is 0 Å². The molecule has 1 aromatic carbocycles. The van der Waals surface area contributed by atoms with Crippen molar-refractivity contribution in [2.75, 3.05) is 13.7 Å². The monoisotopic (exact) mass is 327 g/mol. The molecule has 0 aliphatic rings. The number of sulfonamides is 1. The Bertz CT molecular complexity index is 651. The van der Waals surface area contributed by atoms with E-state index in [9.17, 15) is 13.5 Å². The lowest BCUT2D eigenvalue weighted by molar-refractivity contribution is 0.173. The fourth-order valence-electron chi connectivity index (χ4n) is 1.79. The van der Waals surface area contributed by atoms with Gasteiger partial charge in [-0.3, -0.25) is 0 Å². The van der Waals surface area contributed by atoms with Gasteiger partial charge >= 0.3 is 0 Å². The van der Waals surface area contributed by atoms with Crippen LogP contribution in [-0.4, -0.2) is 27.2 Å². The zero-order valence-electron chi connectivity index (χ0n) is 11.5. The van der Waals surface area contributed by atoms with E-state index in [0.717, 1.165) is 4.88 Å². The van der Waals surface area contributed by atoms with Crippen LogP contribution in [0.1, 0.15) is 17.4 Å². The van der Waals surface area contributed by atoms with Crippen LogP contribution in [0.25, 0.3) is 0 Å². The molecule has 2 N–H and O–H groups in total. The lowest BCUT2D eigenvalue weighted by atomic mass is 10.2. The molecule has 5 nitrogen and oxygen atoms in total. The van der Waals surface area contributed by atoms with Gasteiger partial charge in [0.15, 0.2) is 0 Å². The van der Waals surface area contributed by atoms with E-state index >= 15 is 0 Å². The Kier molecular flexibility index (Phi) is 5.35. The average Bonchev–Trinajstić information content (AvgIpc) is 3.01. The molecule has 0 fully saturated rings. The number of aliphatic hydroxyl groups excluding tert-OH is 1. The zero-order valence-corrected chi connectivity index (χ0v) is 13.2. The summed E-state index contributed by atoms with van der Waals surface area (Å²) in [4.78, 5) is 1.01. The van der Waals surface area contributed by atoms with Gasteiger partial charge < -0.3 is 9.84 Å². The highest BCUT2D eigenvalue weighted by atomic mass is 32.2. The summed E-state index contributed by atoms with van der Waals surface area (Å²) in [7, 11) is -2.04. The van der Waals surface area contributed by atoms with Crippen molar-refractivity contribution in [3.63, 3.8) is 0 Å². The Morgan fingerprint density at radius 3 is 2.57 bits per heavy atom. The Morgan fingerprint density at radius 2 is 2.00 bits per heavy atom. The number of thiophene rings is 1. The van der Waals surface area contributed by atoms with E-state index in [1.807, 2.05) is 17.5 Å². The van der Waals surface area contributed by atoms with Gasteiger partial charge in [-0.25, -0.2) is 13.1 Å². The van der Waals surface area contributed by atoms with Crippen LogP contribution in [0.5, 0.6) is 5.75 Å². The minimum absolute atomic E-state index is 0.174. The highest BCUT2D eigenvalue weighted by molar-refractivity contribution is 7.89. The molecule has 2 rings (SSSR count). The molecule has 0 saturated carbocycles. The number of hydrogen-bond acceptors (Lipinski definition) is 5. The predicted molar refractivity (Wildman–Crippen MR) is 82.1 cm³/mol. The van der Waals surface area contributed by atoms with E-state index in [-0.39, 0.29) is 11.4 Å². The quantitative estimate of drug-likeness (QED) is 0.817. The Labute approximate surface area is 128 Å². The molecule has 2 aromatic rings. The lowest BCUT2D eigenvalue weighted by Gasteiger charge is -2.10. The van der Waals surface area contributed by atoms with Crippen molar-refractivity contribution < 1.29 is 18.3 Å². The molecule has 0 bridgehead atoms. The Hall–Kier alpha value is -1.41. The van der Waals surface area contributed by atoms with Gasteiger partial charge in [0.05, 0.1) is 18.1 Å². The van der Waals surface area contributed by atoms with E-state index in [1.54, 1.807) is 12.1 Å². The van der Waals surface area contributed by atoms with Gasteiger partial charge in [0.1, 0.15) is 5.75 Å². The normalized spacial score (nSPS) is 13.0. The van der Waals surface area contributed by atoms with Gasteiger partial charge in [-0.1, -0.05) is 6.07 Å². The van der Waals surface area contributed by atoms with Crippen molar-refractivity contribution in [3.8, 4) is 5.75 Å². The van der Waals surface area contributed by atoms with Gasteiger partial charge in [0.2, 0.25) is 10.0 Å². The van der Waals surface area contributed by atoms with E-state index in [1.165, 1.54) is 30.6 Å². The van der Waals surface area contributed by atoms with Crippen molar-refractivity contribution in [2.24, 2.45) is 0 Å². The maximum atomic E-state index is 12.1. The molecule has 1 aromatic heterocycles. The highest BCUT2D eigenvalue weighted by Crippen LogP contribution is 2.21. The van der Waals surface area contributed by atoms with Crippen LogP contribution in [0.4, 0.5) is 0 Å². The van der Waals surface area contributed by atoms with E-state index in [2.05, 4.69) is 4.72 Å². The second-order valence-electron chi connectivity index (χ2n) is 4.39. The summed E-state index contributed by atoms with van der Waals surface area (Å²) in [6.45, 7) is 0.174. The Balaban J connectivity index is 1.91. The van der Waals surface area contributed by atoms with Crippen LogP contribution in [-0.2, 0) is 10.0 Å². The summed E-state index contributed by atoms with van der Waals surface area (Å²) in [5.74, 6) is 0.599. The number of hydrogen-bond donors (Lipinski definition) is 2. The van der Waals surface area contributed by atoms with Gasteiger partial charge in [0.25, 0.3) is 0 Å². The second kappa shape index (κ2) is 7.04. The van der Waals surface area contributed by atoms with Gasteiger partial charge in [-0.2, -0.15) is 0 Å². The molecular formula is C14H17NO4S2. The first-order valence-corrected chi connectivity index (χ1v) is 8.74. The number of aliphatic hydroxyl groups is 1. The van der Waals surface area contributed by atoms with Gasteiger partial charge in [0, 0.05) is 11.4 Å². The maximum Gasteiger partial charge on any atom is 0.240 e. The number of methoxy groups -OCH3 is 1. The van der Waals surface area contributed by atoms with Crippen molar-refractivity contribution >= 4 is 21.4 Å². The molecule has 1 atom stereocenters. The molecule has 1 heterocycles. The third kappa shape index (κ3) is 4.28. The molecule has 21 heavy (non-hydrogen) atoms. The summed E-state index contributed by atoms with van der Waals surface area (Å²) in [6, 6.07) is 9.83. The van der Waals surface area contributed by atoms with Gasteiger partial charge in [-0.15, -0.1) is 11.3 Å². The van der Waals surface area contributed by atoms with Crippen LogP contribution < -0.4 is 9.46 Å². The number of nitrogens with one attached hydrogen (secondary N) is 1. The first-order valence-electron chi connectivity index (χ1n) is 6.38. The SMILES string of the molecule is COc1ccc(S(=O)(=O)NCCC(O)c2cccs2)cc1. The topological polar surface area (TPSA) is 75.6 Å². The first-order chi connectivity index (χ1) is 10.0. The molecule has 0 aliphatic heterocycles. The fourth-order valence-corrected chi connectivity index (χ4v) is 3.59. The lowest BCUT2D eigenvalue weighted by Crippen LogP contribution is -2.25. The third-order valence-corrected chi connectivity index (χ3v) is 5.40. The molecule has 0 saturated heterocycles. The minimum Gasteiger partial charge on any atom is -0.497 e. The standard InChI is InChI=1S/C14H17NO4S2/c1-19-11-4-6-12(7-5-11)21(17,18)15-9-8-13(16)14-3-2-10-20-14/h2-7,10,13,15-16H,8-9H2,1H3. The largest absolute Gasteiger partial charge is 0.497 e. The summed E-state index contributed by atoms with van der Waals surface area (Å²) >= 11 is 1.45. The first kappa shape index (κ1) is 16.0. The predicted octanol–water partition coefficient (Wildman–Crippen LogP) is 2.16. The third-order valence-electron chi connectivity index (χ3n) is 2.95. The van der Waals surface area contributed by atoms with Gasteiger partial charge in [-0.05, 0) is 42.1 Å².